The third-order valence-electron chi connectivity index (χ3n) is 2.57. The van der Waals surface area contributed by atoms with Crippen LogP contribution in [-0.2, 0) is 9.53 Å². The highest BCUT2D eigenvalue weighted by atomic mass is 16.5. The van der Waals surface area contributed by atoms with Gasteiger partial charge in [-0.15, -0.1) is 0 Å². The Labute approximate surface area is 105 Å². The molecule has 6 heteroatoms. The largest absolute Gasteiger partial charge is 0.497 e. The fraction of sp³-hybridized carbons (Fsp3) is 0.417. The molecule has 0 fully saturated rings. The molecular weight excluding hydrogens is 238 g/mol. The fourth-order valence-electron chi connectivity index (χ4n) is 1.53. The van der Waals surface area contributed by atoms with Crippen molar-refractivity contribution in [1.82, 2.24) is 0 Å². The zero-order chi connectivity index (χ0) is 13.7. The van der Waals surface area contributed by atoms with Crippen LogP contribution in [0.4, 0.5) is 0 Å². The molecule has 18 heavy (non-hydrogen) atoms. The summed E-state index contributed by atoms with van der Waals surface area (Å²) in [5, 5.41) is 10.1. The van der Waals surface area contributed by atoms with Crippen molar-refractivity contribution >= 4 is 5.97 Å². The van der Waals surface area contributed by atoms with E-state index in [9.17, 15) is 9.90 Å². The zero-order valence-electron chi connectivity index (χ0n) is 10.5. The van der Waals surface area contributed by atoms with Crippen LogP contribution in [0, 0.1) is 0 Å². The molecule has 0 amide bonds. The monoisotopic (exact) mass is 255 g/mol. The Morgan fingerprint density at radius 3 is 2.44 bits per heavy atom. The summed E-state index contributed by atoms with van der Waals surface area (Å²) >= 11 is 0. The van der Waals surface area contributed by atoms with Gasteiger partial charge in [-0.1, -0.05) is 0 Å². The van der Waals surface area contributed by atoms with E-state index < -0.39 is 18.1 Å². The first-order valence-electron chi connectivity index (χ1n) is 5.28. The van der Waals surface area contributed by atoms with Gasteiger partial charge in [0.05, 0.1) is 21.3 Å². The lowest BCUT2D eigenvalue weighted by Crippen LogP contribution is -2.37. The lowest BCUT2D eigenvalue weighted by atomic mass is 10.0. The summed E-state index contributed by atoms with van der Waals surface area (Å²) in [5.41, 5.74) is 5.97. The van der Waals surface area contributed by atoms with Crippen LogP contribution >= 0.6 is 0 Å². The fourth-order valence-corrected chi connectivity index (χ4v) is 1.53. The minimum atomic E-state index is -1.23. The number of rotatable bonds is 5. The van der Waals surface area contributed by atoms with Gasteiger partial charge in [-0.05, 0) is 18.2 Å². The van der Waals surface area contributed by atoms with E-state index in [4.69, 9.17) is 15.2 Å². The molecule has 1 aromatic rings. The number of carbonyl (C=O) groups is 1. The highest BCUT2D eigenvalue weighted by Crippen LogP contribution is 2.30. The molecule has 6 nitrogen and oxygen atoms in total. The molecule has 0 spiro atoms. The van der Waals surface area contributed by atoms with Gasteiger partial charge >= 0.3 is 5.97 Å². The maximum Gasteiger partial charge on any atom is 0.325 e. The Hall–Kier alpha value is -1.79. The topological polar surface area (TPSA) is 91.0 Å². The lowest BCUT2D eigenvalue weighted by molar-refractivity contribution is -0.145. The first-order chi connectivity index (χ1) is 8.54. The molecule has 0 radical (unpaired) electrons. The van der Waals surface area contributed by atoms with Gasteiger partial charge in [0, 0.05) is 5.56 Å². The maximum absolute atomic E-state index is 11.3. The molecule has 2 atom stereocenters. The first-order valence-corrected chi connectivity index (χ1v) is 5.28. The van der Waals surface area contributed by atoms with Crippen molar-refractivity contribution < 1.29 is 24.1 Å². The van der Waals surface area contributed by atoms with Gasteiger partial charge in [0.15, 0.2) is 0 Å². The third-order valence-corrected chi connectivity index (χ3v) is 2.57. The van der Waals surface area contributed by atoms with Crippen LogP contribution in [0.15, 0.2) is 18.2 Å². The average molecular weight is 255 g/mol. The molecule has 1 aromatic carbocycles. The molecule has 0 aliphatic carbocycles. The van der Waals surface area contributed by atoms with Crippen LogP contribution in [0.2, 0.25) is 0 Å². The molecule has 0 saturated heterocycles. The zero-order valence-corrected chi connectivity index (χ0v) is 10.5. The van der Waals surface area contributed by atoms with Crippen molar-refractivity contribution in [3.05, 3.63) is 23.8 Å². The molecular formula is C12H17NO5. The second-order valence-corrected chi connectivity index (χ2v) is 3.60. The van der Waals surface area contributed by atoms with Crippen LogP contribution in [0.3, 0.4) is 0 Å². The number of aliphatic hydroxyl groups excluding tert-OH is 1. The Bertz CT molecular complexity index is 421. The van der Waals surface area contributed by atoms with Gasteiger partial charge in [-0.25, -0.2) is 0 Å². The number of hydrogen-bond donors (Lipinski definition) is 2. The van der Waals surface area contributed by atoms with E-state index in [1.807, 2.05) is 0 Å². The molecule has 0 saturated carbocycles. The quantitative estimate of drug-likeness (QED) is 0.732. The van der Waals surface area contributed by atoms with Gasteiger partial charge in [-0.3, -0.25) is 4.79 Å². The van der Waals surface area contributed by atoms with Gasteiger partial charge in [-0.2, -0.15) is 0 Å². The standard InChI is InChI=1S/C12H17NO5/c1-16-7-4-5-9(17-2)8(6-7)11(14)10(13)12(15)18-3/h4-6,10-11,14H,13H2,1-3H3/t10-,11+/m0/s1. The number of nitrogens with two attached hydrogens (primary N) is 1. The summed E-state index contributed by atoms with van der Waals surface area (Å²) < 4.78 is 14.6. The smallest absolute Gasteiger partial charge is 0.325 e. The predicted octanol–water partition coefficient (Wildman–Crippen LogP) is 0.237. The average Bonchev–Trinajstić information content (AvgIpc) is 2.43. The van der Waals surface area contributed by atoms with E-state index in [0.717, 1.165) is 0 Å². The summed E-state index contributed by atoms with van der Waals surface area (Å²) in [6, 6.07) is 3.68. The molecule has 0 aliphatic heterocycles. The van der Waals surface area contributed by atoms with Crippen LogP contribution in [-0.4, -0.2) is 38.4 Å². The van der Waals surface area contributed by atoms with E-state index in [-0.39, 0.29) is 0 Å². The molecule has 0 aromatic heterocycles. The third kappa shape index (κ3) is 2.91. The van der Waals surface area contributed by atoms with Crippen molar-refractivity contribution in [2.24, 2.45) is 5.73 Å². The van der Waals surface area contributed by atoms with E-state index >= 15 is 0 Å². The number of hydrogen-bond acceptors (Lipinski definition) is 6. The summed E-state index contributed by atoms with van der Waals surface area (Å²) in [4.78, 5) is 11.3. The molecule has 0 bridgehead atoms. The van der Waals surface area contributed by atoms with Gasteiger partial charge in [0.25, 0.3) is 0 Å². The number of aliphatic hydroxyl groups is 1. The Balaban J connectivity index is 3.09. The van der Waals surface area contributed by atoms with Crippen molar-refractivity contribution in [3.8, 4) is 11.5 Å². The van der Waals surface area contributed by atoms with E-state index in [1.165, 1.54) is 21.3 Å². The van der Waals surface area contributed by atoms with Crippen LogP contribution < -0.4 is 15.2 Å². The number of carbonyl (C=O) groups excluding carboxylic acids is 1. The first kappa shape index (κ1) is 14.3. The van der Waals surface area contributed by atoms with Crippen molar-refractivity contribution in [3.63, 3.8) is 0 Å². The Morgan fingerprint density at radius 1 is 1.28 bits per heavy atom. The maximum atomic E-state index is 11.3. The number of esters is 1. The molecule has 3 N–H and O–H groups in total. The van der Waals surface area contributed by atoms with Gasteiger partial charge < -0.3 is 25.1 Å². The molecule has 0 unspecified atom stereocenters. The summed E-state index contributed by atoms with van der Waals surface area (Å²) in [6.45, 7) is 0. The molecule has 100 valence electrons. The molecule has 1 rings (SSSR count). The number of methoxy groups -OCH3 is 3. The predicted molar refractivity (Wildman–Crippen MR) is 64.5 cm³/mol. The van der Waals surface area contributed by atoms with Crippen LogP contribution in [0.1, 0.15) is 11.7 Å². The summed E-state index contributed by atoms with van der Waals surface area (Å²) in [6.07, 6.45) is -1.23. The Kier molecular flexibility index (Phi) is 4.94. The van der Waals surface area contributed by atoms with E-state index in [0.29, 0.717) is 17.1 Å². The lowest BCUT2D eigenvalue weighted by Gasteiger charge is -2.19. The minimum absolute atomic E-state index is 0.370. The van der Waals surface area contributed by atoms with Crippen LogP contribution in [0.25, 0.3) is 0 Å². The number of ether oxygens (including phenoxy) is 3. The highest BCUT2D eigenvalue weighted by Gasteiger charge is 2.27. The van der Waals surface area contributed by atoms with Gasteiger partial charge in [0.1, 0.15) is 23.6 Å². The number of benzene rings is 1. The van der Waals surface area contributed by atoms with Crippen molar-refractivity contribution in [2.75, 3.05) is 21.3 Å². The minimum Gasteiger partial charge on any atom is -0.497 e. The second kappa shape index (κ2) is 6.23. The second-order valence-electron chi connectivity index (χ2n) is 3.60. The SMILES string of the molecule is COC(=O)[C@@H](N)[C@H](O)c1cc(OC)ccc1OC. The molecule has 0 heterocycles. The molecule has 0 aliphatic rings. The van der Waals surface area contributed by atoms with Crippen molar-refractivity contribution in [2.45, 2.75) is 12.1 Å². The highest BCUT2D eigenvalue weighted by molar-refractivity contribution is 5.76. The van der Waals surface area contributed by atoms with E-state index in [2.05, 4.69) is 4.74 Å². The van der Waals surface area contributed by atoms with E-state index in [1.54, 1.807) is 18.2 Å². The van der Waals surface area contributed by atoms with Gasteiger partial charge in [0.2, 0.25) is 0 Å². The van der Waals surface area contributed by atoms with Crippen molar-refractivity contribution in [1.29, 1.82) is 0 Å². The van der Waals surface area contributed by atoms with Crippen LogP contribution in [0.5, 0.6) is 11.5 Å². The Morgan fingerprint density at radius 2 is 1.94 bits per heavy atom. The summed E-state index contributed by atoms with van der Waals surface area (Å²) in [7, 11) is 4.16. The normalized spacial score (nSPS) is 13.6. The summed E-state index contributed by atoms with van der Waals surface area (Å²) in [5.74, 6) is 0.247.